The molecule has 0 fully saturated rings. The van der Waals surface area contributed by atoms with Crippen LogP contribution in [-0.2, 0) is 11.2 Å². The minimum atomic E-state index is -0.931. The number of nitrogens with zero attached hydrogens (tertiary/aromatic N) is 5. The summed E-state index contributed by atoms with van der Waals surface area (Å²) in [5.74, 6) is -0.931. The molecular formula is C9H9N5O2. The second kappa shape index (κ2) is 4.05. The first kappa shape index (κ1) is 10.2. The maximum Gasteiger partial charge on any atom is 0.309 e. The molecule has 0 spiro atoms. The SMILES string of the molecule is Cc1c(CC(=O)O)nnn1-c1cncnc1. The topological polar surface area (TPSA) is 93.8 Å². The van der Waals surface area contributed by atoms with E-state index < -0.39 is 5.97 Å². The average Bonchev–Trinajstić information content (AvgIpc) is 2.61. The molecular weight excluding hydrogens is 210 g/mol. The predicted octanol–water partition coefficient (Wildman–Crippen LogP) is -0.00718. The highest BCUT2D eigenvalue weighted by Gasteiger charge is 2.12. The van der Waals surface area contributed by atoms with Crippen LogP contribution in [-0.4, -0.2) is 36.0 Å². The first-order valence-corrected chi connectivity index (χ1v) is 4.57. The van der Waals surface area contributed by atoms with Crippen LogP contribution in [0.25, 0.3) is 5.69 Å². The Morgan fingerprint density at radius 2 is 2.12 bits per heavy atom. The number of hydrogen-bond donors (Lipinski definition) is 1. The van der Waals surface area contributed by atoms with Gasteiger partial charge in [-0.2, -0.15) is 0 Å². The van der Waals surface area contributed by atoms with Gasteiger partial charge < -0.3 is 5.11 Å². The third-order valence-corrected chi connectivity index (χ3v) is 2.10. The molecule has 7 heteroatoms. The smallest absolute Gasteiger partial charge is 0.309 e. The number of carboxylic acid groups (broad SMARTS) is 1. The van der Waals surface area contributed by atoms with Gasteiger partial charge in [0, 0.05) is 0 Å². The lowest BCUT2D eigenvalue weighted by molar-refractivity contribution is -0.136. The third-order valence-electron chi connectivity index (χ3n) is 2.10. The van der Waals surface area contributed by atoms with E-state index in [1.807, 2.05) is 0 Å². The number of rotatable bonds is 3. The quantitative estimate of drug-likeness (QED) is 0.780. The van der Waals surface area contributed by atoms with Gasteiger partial charge in [0.25, 0.3) is 0 Å². The van der Waals surface area contributed by atoms with Crippen molar-refractivity contribution >= 4 is 5.97 Å². The van der Waals surface area contributed by atoms with Crippen molar-refractivity contribution in [3.05, 3.63) is 30.1 Å². The van der Waals surface area contributed by atoms with Crippen molar-refractivity contribution < 1.29 is 9.90 Å². The Hall–Kier alpha value is -2.31. The maximum atomic E-state index is 10.6. The van der Waals surface area contributed by atoms with Crippen molar-refractivity contribution in [2.75, 3.05) is 0 Å². The second-order valence-electron chi connectivity index (χ2n) is 3.20. The zero-order valence-corrected chi connectivity index (χ0v) is 8.53. The number of carboxylic acids is 1. The lowest BCUT2D eigenvalue weighted by Gasteiger charge is -2.00. The van der Waals surface area contributed by atoms with Gasteiger partial charge in [0.05, 0.1) is 30.2 Å². The monoisotopic (exact) mass is 219 g/mol. The number of aliphatic carboxylic acids is 1. The molecule has 0 amide bonds. The van der Waals surface area contributed by atoms with E-state index in [0.717, 1.165) is 0 Å². The summed E-state index contributed by atoms with van der Waals surface area (Å²) >= 11 is 0. The van der Waals surface area contributed by atoms with Gasteiger partial charge in [-0.15, -0.1) is 5.10 Å². The lowest BCUT2D eigenvalue weighted by Crippen LogP contribution is -2.04. The molecule has 0 saturated carbocycles. The summed E-state index contributed by atoms with van der Waals surface area (Å²) in [6.07, 6.45) is 4.44. The minimum Gasteiger partial charge on any atom is -0.481 e. The Bertz CT molecular complexity index is 508. The largest absolute Gasteiger partial charge is 0.481 e. The number of carbonyl (C=O) groups is 1. The van der Waals surface area contributed by atoms with E-state index in [9.17, 15) is 4.79 Å². The molecule has 82 valence electrons. The Balaban J connectivity index is 2.37. The summed E-state index contributed by atoms with van der Waals surface area (Å²) in [5.41, 5.74) is 1.78. The molecule has 0 saturated heterocycles. The van der Waals surface area contributed by atoms with E-state index in [0.29, 0.717) is 17.1 Å². The number of aromatic nitrogens is 5. The van der Waals surface area contributed by atoms with Crippen molar-refractivity contribution in [1.82, 2.24) is 25.0 Å². The Morgan fingerprint density at radius 3 is 2.75 bits per heavy atom. The third kappa shape index (κ3) is 1.88. The molecule has 2 heterocycles. The van der Waals surface area contributed by atoms with Gasteiger partial charge in [-0.3, -0.25) is 4.79 Å². The van der Waals surface area contributed by atoms with Crippen LogP contribution in [0.3, 0.4) is 0 Å². The Kier molecular flexibility index (Phi) is 2.59. The zero-order chi connectivity index (χ0) is 11.5. The molecule has 2 aromatic heterocycles. The Morgan fingerprint density at radius 1 is 1.44 bits per heavy atom. The van der Waals surface area contributed by atoms with Crippen LogP contribution in [0.4, 0.5) is 0 Å². The summed E-state index contributed by atoms with van der Waals surface area (Å²) in [5, 5.41) is 16.3. The van der Waals surface area contributed by atoms with Crippen molar-refractivity contribution in [3.8, 4) is 5.69 Å². The summed E-state index contributed by atoms with van der Waals surface area (Å²) in [6, 6.07) is 0. The van der Waals surface area contributed by atoms with Gasteiger partial charge >= 0.3 is 5.97 Å². The van der Waals surface area contributed by atoms with Crippen LogP contribution >= 0.6 is 0 Å². The van der Waals surface area contributed by atoms with Crippen LogP contribution in [0.2, 0.25) is 0 Å². The van der Waals surface area contributed by atoms with Gasteiger partial charge in [-0.1, -0.05) is 5.21 Å². The van der Waals surface area contributed by atoms with E-state index in [-0.39, 0.29) is 6.42 Å². The summed E-state index contributed by atoms with van der Waals surface area (Å²) in [7, 11) is 0. The van der Waals surface area contributed by atoms with Crippen LogP contribution < -0.4 is 0 Å². The molecule has 0 radical (unpaired) electrons. The van der Waals surface area contributed by atoms with Gasteiger partial charge in [-0.25, -0.2) is 14.6 Å². The first-order chi connectivity index (χ1) is 7.68. The van der Waals surface area contributed by atoms with Crippen LogP contribution in [0.15, 0.2) is 18.7 Å². The molecule has 2 rings (SSSR count). The predicted molar refractivity (Wildman–Crippen MR) is 53.0 cm³/mol. The lowest BCUT2D eigenvalue weighted by atomic mass is 10.2. The molecule has 0 aliphatic heterocycles. The first-order valence-electron chi connectivity index (χ1n) is 4.57. The van der Waals surface area contributed by atoms with Crippen molar-refractivity contribution in [1.29, 1.82) is 0 Å². The van der Waals surface area contributed by atoms with Crippen molar-refractivity contribution in [2.45, 2.75) is 13.3 Å². The summed E-state index contributed by atoms with van der Waals surface area (Å²) in [6.45, 7) is 1.76. The van der Waals surface area contributed by atoms with Gasteiger partial charge in [0.15, 0.2) is 0 Å². The van der Waals surface area contributed by atoms with E-state index >= 15 is 0 Å². The molecule has 2 aromatic rings. The molecule has 0 aliphatic rings. The van der Waals surface area contributed by atoms with E-state index in [2.05, 4.69) is 20.3 Å². The van der Waals surface area contributed by atoms with Crippen LogP contribution in [0.5, 0.6) is 0 Å². The molecule has 0 bridgehead atoms. The van der Waals surface area contributed by atoms with Crippen LogP contribution in [0, 0.1) is 6.92 Å². The molecule has 0 aliphatic carbocycles. The van der Waals surface area contributed by atoms with Crippen LogP contribution in [0.1, 0.15) is 11.4 Å². The minimum absolute atomic E-state index is 0.139. The van der Waals surface area contributed by atoms with E-state index in [1.165, 1.54) is 11.0 Å². The molecule has 0 atom stereocenters. The maximum absolute atomic E-state index is 10.6. The molecule has 16 heavy (non-hydrogen) atoms. The standard InChI is InChI=1S/C9H9N5O2/c1-6-8(2-9(15)16)12-13-14(6)7-3-10-5-11-4-7/h3-5H,2H2,1H3,(H,15,16). The normalized spacial score (nSPS) is 10.3. The van der Waals surface area contributed by atoms with Gasteiger partial charge in [-0.05, 0) is 6.92 Å². The fourth-order valence-electron chi connectivity index (χ4n) is 1.31. The van der Waals surface area contributed by atoms with Crippen molar-refractivity contribution in [2.24, 2.45) is 0 Å². The number of hydrogen-bond acceptors (Lipinski definition) is 5. The molecule has 0 unspecified atom stereocenters. The fraction of sp³-hybridized carbons (Fsp3) is 0.222. The molecule has 7 nitrogen and oxygen atoms in total. The molecule has 1 N–H and O–H groups in total. The highest BCUT2D eigenvalue weighted by Crippen LogP contribution is 2.10. The zero-order valence-electron chi connectivity index (χ0n) is 8.53. The van der Waals surface area contributed by atoms with E-state index in [4.69, 9.17) is 5.11 Å². The molecule has 0 aromatic carbocycles. The highest BCUT2D eigenvalue weighted by molar-refractivity contribution is 5.69. The average molecular weight is 219 g/mol. The second-order valence-corrected chi connectivity index (χ2v) is 3.20. The van der Waals surface area contributed by atoms with Gasteiger partial charge in [0.2, 0.25) is 0 Å². The summed E-state index contributed by atoms with van der Waals surface area (Å²) < 4.78 is 1.51. The highest BCUT2D eigenvalue weighted by atomic mass is 16.4. The van der Waals surface area contributed by atoms with Crippen molar-refractivity contribution in [3.63, 3.8) is 0 Å². The Labute approximate surface area is 90.8 Å². The van der Waals surface area contributed by atoms with E-state index in [1.54, 1.807) is 19.3 Å². The van der Waals surface area contributed by atoms with Gasteiger partial charge in [0.1, 0.15) is 12.0 Å². The fourth-order valence-corrected chi connectivity index (χ4v) is 1.31. The summed E-state index contributed by atoms with van der Waals surface area (Å²) in [4.78, 5) is 18.3.